The van der Waals surface area contributed by atoms with Crippen LogP contribution in [0.5, 0.6) is 0 Å². The lowest BCUT2D eigenvalue weighted by molar-refractivity contribution is 0.0970. The minimum atomic E-state index is -0.268. The van der Waals surface area contributed by atoms with Gasteiger partial charge in [-0.05, 0) is 31.4 Å². The molecule has 7 heteroatoms. The van der Waals surface area contributed by atoms with E-state index in [1.165, 1.54) is 10.9 Å². The molecule has 0 saturated heterocycles. The minimum Gasteiger partial charge on any atom is -0.337 e. The van der Waals surface area contributed by atoms with Crippen molar-refractivity contribution in [3.63, 3.8) is 0 Å². The van der Waals surface area contributed by atoms with Gasteiger partial charge >= 0.3 is 0 Å². The molecule has 2 aromatic heterocycles. The van der Waals surface area contributed by atoms with Crippen molar-refractivity contribution in [3.8, 4) is 6.07 Å². The summed E-state index contributed by atoms with van der Waals surface area (Å²) in [4.78, 5) is 30.0. The summed E-state index contributed by atoms with van der Waals surface area (Å²) >= 11 is 3.34. The van der Waals surface area contributed by atoms with Crippen LogP contribution >= 0.6 is 15.9 Å². The number of benzene rings is 1. The van der Waals surface area contributed by atoms with Crippen molar-refractivity contribution in [3.05, 3.63) is 62.2 Å². The lowest BCUT2D eigenvalue weighted by Crippen LogP contribution is -2.26. The molecular weight excluding hydrogens is 408 g/mol. The number of fused-ring (bicyclic) bond motifs is 3. The third kappa shape index (κ3) is 3.10. The average Bonchev–Trinajstić information content (AvgIpc) is 2.80. The van der Waals surface area contributed by atoms with Crippen LogP contribution in [0.4, 0.5) is 0 Å². The molecule has 0 saturated carbocycles. The largest absolute Gasteiger partial charge is 0.337 e. The van der Waals surface area contributed by atoms with Crippen molar-refractivity contribution < 1.29 is 4.79 Å². The van der Waals surface area contributed by atoms with Gasteiger partial charge in [0.05, 0.1) is 18.4 Å². The number of carbonyl (C=O) groups is 1. The second kappa shape index (κ2) is 7.12. The normalized spacial score (nSPS) is 13.8. The van der Waals surface area contributed by atoms with Crippen LogP contribution in [-0.4, -0.2) is 19.9 Å². The van der Waals surface area contributed by atoms with E-state index in [0.717, 1.165) is 35.8 Å². The van der Waals surface area contributed by atoms with Gasteiger partial charge in [0, 0.05) is 22.3 Å². The molecule has 3 heterocycles. The minimum absolute atomic E-state index is 0.0776. The van der Waals surface area contributed by atoms with Crippen molar-refractivity contribution >= 4 is 32.7 Å². The molecule has 4 rings (SSSR count). The highest BCUT2D eigenvalue weighted by atomic mass is 79.9. The Morgan fingerprint density at radius 3 is 2.74 bits per heavy atom. The lowest BCUT2D eigenvalue weighted by Gasteiger charge is -2.08. The summed E-state index contributed by atoms with van der Waals surface area (Å²) in [6.07, 6.45) is 5.19. The fourth-order valence-corrected chi connectivity index (χ4v) is 3.93. The molecule has 0 atom stereocenters. The van der Waals surface area contributed by atoms with E-state index in [4.69, 9.17) is 0 Å². The Morgan fingerprint density at radius 2 is 2.00 bits per heavy atom. The first-order valence-corrected chi connectivity index (χ1v) is 9.69. The maximum absolute atomic E-state index is 13.1. The number of halogens is 1. The van der Waals surface area contributed by atoms with E-state index in [9.17, 15) is 14.9 Å². The van der Waals surface area contributed by atoms with E-state index < -0.39 is 0 Å². The number of nitriles is 1. The van der Waals surface area contributed by atoms with E-state index in [2.05, 4.69) is 27.0 Å². The van der Waals surface area contributed by atoms with Crippen LogP contribution in [0, 0.1) is 11.3 Å². The Balaban J connectivity index is 1.79. The molecule has 1 aliphatic rings. The second-order valence-electron chi connectivity index (χ2n) is 6.70. The SMILES string of the molecule is N#Cc1c2n(c3c(=O)n(CC(=O)c4ccc(Br)cc4)cnc13)CCCCC2. The molecule has 0 bridgehead atoms. The van der Waals surface area contributed by atoms with Crippen LogP contribution in [-0.2, 0) is 19.5 Å². The van der Waals surface area contributed by atoms with Gasteiger partial charge in [-0.3, -0.25) is 14.2 Å². The van der Waals surface area contributed by atoms with Crippen molar-refractivity contribution in [1.82, 2.24) is 14.1 Å². The van der Waals surface area contributed by atoms with Crippen molar-refractivity contribution in [2.45, 2.75) is 38.8 Å². The van der Waals surface area contributed by atoms with Gasteiger partial charge < -0.3 is 4.57 Å². The molecule has 136 valence electrons. The molecule has 0 spiro atoms. The molecule has 0 amide bonds. The fraction of sp³-hybridized carbons (Fsp3) is 0.300. The highest BCUT2D eigenvalue weighted by molar-refractivity contribution is 9.10. The number of nitrogens with zero attached hydrogens (tertiary/aromatic N) is 4. The zero-order valence-corrected chi connectivity index (χ0v) is 16.2. The van der Waals surface area contributed by atoms with Gasteiger partial charge in [-0.1, -0.05) is 34.5 Å². The van der Waals surface area contributed by atoms with E-state index in [-0.39, 0.29) is 17.9 Å². The summed E-state index contributed by atoms with van der Waals surface area (Å²) in [6, 6.07) is 9.26. The molecule has 3 aromatic rings. The summed E-state index contributed by atoms with van der Waals surface area (Å²) in [6.45, 7) is 0.626. The number of carbonyl (C=O) groups excluding carboxylic acids is 1. The van der Waals surface area contributed by atoms with Gasteiger partial charge in [0.25, 0.3) is 5.56 Å². The van der Waals surface area contributed by atoms with Crippen LogP contribution in [0.25, 0.3) is 11.0 Å². The zero-order chi connectivity index (χ0) is 19.0. The third-order valence-electron chi connectivity index (χ3n) is 5.02. The summed E-state index contributed by atoms with van der Waals surface area (Å²) in [5, 5.41) is 9.58. The molecule has 1 aliphatic heterocycles. The van der Waals surface area contributed by atoms with Crippen molar-refractivity contribution in [2.24, 2.45) is 0 Å². The Morgan fingerprint density at radius 1 is 1.22 bits per heavy atom. The monoisotopic (exact) mass is 424 g/mol. The summed E-state index contributed by atoms with van der Waals surface area (Å²) < 4.78 is 4.17. The molecule has 0 radical (unpaired) electrons. The molecule has 1 aromatic carbocycles. The Kier molecular flexibility index (Phi) is 4.66. The predicted molar refractivity (Wildman–Crippen MR) is 105 cm³/mol. The Bertz CT molecular complexity index is 1140. The van der Waals surface area contributed by atoms with E-state index in [1.54, 1.807) is 24.3 Å². The molecule has 0 N–H and O–H groups in total. The van der Waals surface area contributed by atoms with Gasteiger partial charge in [0.2, 0.25) is 0 Å². The molecule has 27 heavy (non-hydrogen) atoms. The van der Waals surface area contributed by atoms with Gasteiger partial charge in [0.15, 0.2) is 5.78 Å². The molecule has 6 nitrogen and oxygen atoms in total. The number of aryl methyl sites for hydroxylation is 1. The topological polar surface area (TPSA) is 80.7 Å². The van der Waals surface area contributed by atoms with Gasteiger partial charge in [-0.25, -0.2) is 4.98 Å². The maximum atomic E-state index is 13.1. The van der Waals surface area contributed by atoms with Crippen LogP contribution in [0.1, 0.15) is 40.9 Å². The molecule has 0 aliphatic carbocycles. The first-order valence-electron chi connectivity index (χ1n) is 8.89. The van der Waals surface area contributed by atoms with E-state index >= 15 is 0 Å². The van der Waals surface area contributed by atoms with Crippen LogP contribution in [0.2, 0.25) is 0 Å². The van der Waals surface area contributed by atoms with Crippen LogP contribution in [0.15, 0.2) is 39.9 Å². The van der Waals surface area contributed by atoms with Crippen LogP contribution < -0.4 is 5.56 Å². The Hall–Kier alpha value is -2.72. The molecular formula is C20H17BrN4O2. The first-order chi connectivity index (χ1) is 13.1. The molecule has 0 fully saturated rings. The quantitative estimate of drug-likeness (QED) is 0.603. The standard InChI is InChI=1S/C20H17BrN4O2/c21-14-7-5-13(6-8-14)17(26)11-24-12-23-18-15(10-22)16-4-2-1-3-9-25(16)19(18)20(24)27/h5-8,12H,1-4,9,11H2. The third-order valence-corrected chi connectivity index (χ3v) is 5.55. The van der Waals surface area contributed by atoms with Crippen LogP contribution in [0.3, 0.4) is 0 Å². The summed E-state index contributed by atoms with van der Waals surface area (Å²) in [5.74, 6) is -0.158. The van der Waals surface area contributed by atoms with E-state index in [1.807, 2.05) is 4.57 Å². The summed E-state index contributed by atoms with van der Waals surface area (Å²) in [7, 11) is 0. The van der Waals surface area contributed by atoms with Gasteiger partial charge in [0.1, 0.15) is 17.1 Å². The number of ketones is 1. The first kappa shape index (κ1) is 17.7. The number of hydrogen-bond acceptors (Lipinski definition) is 4. The molecule has 0 unspecified atom stereocenters. The van der Waals surface area contributed by atoms with E-state index in [0.29, 0.717) is 28.7 Å². The zero-order valence-electron chi connectivity index (χ0n) is 14.6. The predicted octanol–water partition coefficient (Wildman–Crippen LogP) is 3.44. The number of hydrogen-bond donors (Lipinski definition) is 0. The van der Waals surface area contributed by atoms with Crippen molar-refractivity contribution in [2.75, 3.05) is 0 Å². The average molecular weight is 425 g/mol. The lowest BCUT2D eigenvalue weighted by atomic mass is 10.1. The fourth-order valence-electron chi connectivity index (χ4n) is 3.67. The number of Topliss-reactive ketones (excluding diaryl/α,β-unsaturated/α-hetero) is 1. The number of rotatable bonds is 3. The second-order valence-corrected chi connectivity index (χ2v) is 7.62. The highest BCUT2D eigenvalue weighted by Gasteiger charge is 2.23. The van der Waals surface area contributed by atoms with Gasteiger partial charge in [-0.2, -0.15) is 5.26 Å². The summed E-state index contributed by atoms with van der Waals surface area (Å²) in [5.41, 5.74) is 2.55. The Labute approximate surface area is 164 Å². The smallest absolute Gasteiger partial charge is 0.278 e. The maximum Gasteiger partial charge on any atom is 0.278 e. The van der Waals surface area contributed by atoms with Crippen molar-refractivity contribution in [1.29, 1.82) is 5.26 Å². The highest BCUT2D eigenvalue weighted by Crippen LogP contribution is 2.26. The van der Waals surface area contributed by atoms with Gasteiger partial charge in [-0.15, -0.1) is 0 Å². The number of aromatic nitrogens is 3.